The van der Waals surface area contributed by atoms with Gasteiger partial charge in [0.15, 0.2) is 0 Å². The number of non-ortho nitro benzene ring substituents is 1. The molecule has 0 spiro atoms. The van der Waals surface area contributed by atoms with Crippen LogP contribution in [0.25, 0.3) is 17.3 Å². The van der Waals surface area contributed by atoms with E-state index in [-0.39, 0.29) is 5.69 Å². The van der Waals surface area contributed by atoms with Gasteiger partial charge in [-0.25, -0.2) is 4.68 Å². The molecular weight excluding hydrogens is 318 g/mol. The molecule has 3 rings (SSSR count). The predicted octanol–water partition coefficient (Wildman–Crippen LogP) is 3.46. The highest BCUT2D eigenvalue weighted by Crippen LogP contribution is 2.20. The molecule has 0 aliphatic rings. The van der Waals surface area contributed by atoms with Crippen molar-refractivity contribution in [2.75, 3.05) is 0 Å². The third-order valence-electron chi connectivity index (χ3n) is 3.53. The molecule has 0 fully saturated rings. The number of nitrogens with zero attached hydrogens (tertiary/aromatic N) is 5. The topological polar surface area (TPSA) is 97.6 Å². The van der Waals surface area contributed by atoms with Crippen LogP contribution in [0.1, 0.15) is 5.56 Å². The van der Waals surface area contributed by atoms with Crippen molar-refractivity contribution < 1.29 is 4.92 Å². The van der Waals surface area contributed by atoms with Crippen molar-refractivity contribution in [3.05, 3.63) is 82.0 Å². The van der Waals surface area contributed by atoms with E-state index in [0.717, 1.165) is 11.1 Å². The summed E-state index contributed by atoms with van der Waals surface area (Å²) < 4.78 is 1.56. The van der Waals surface area contributed by atoms with E-state index in [1.807, 2.05) is 30.3 Å². The summed E-state index contributed by atoms with van der Waals surface area (Å²) >= 11 is 0. The van der Waals surface area contributed by atoms with E-state index >= 15 is 0 Å². The monoisotopic (exact) mass is 331 g/mol. The van der Waals surface area contributed by atoms with Gasteiger partial charge in [0, 0.05) is 17.7 Å². The van der Waals surface area contributed by atoms with Crippen molar-refractivity contribution in [2.24, 2.45) is 0 Å². The van der Waals surface area contributed by atoms with Gasteiger partial charge >= 0.3 is 0 Å². The second-order valence-corrected chi connectivity index (χ2v) is 5.30. The first-order chi connectivity index (χ1) is 12.2. The summed E-state index contributed by atoms with van der Waals surface area (Å²) in [5.74, 6) is 0. The maximum Gasteiger partial charge on any atom is 0.269 e. The lowest BCUT2D eigenvalue weighted by Gasteiger charge is -1.99. The van der Waals surface area contributed by atoms with Gasteiger partial charge in [-0.2, -0.15) is 5.26 Å². The van der Waals surface area contributed by atoms with E-state index in [1.165, 1.54) is 12.1 Å². The molecule has 25 heavy (non-hydrogen) atoms. The molecule has 0 aliphatic heterocycles. The molecule has 1 aromatic heterocycles. The second-order valence-electron chi connectivity index (χ2n) is 5.30. The van der Waals surface area contributed by atoms with Crippen molar-refractivity contribution in [1.82, 2.24) is 15.0 Å². The molecule has 0 aliphatic carbocycles. The average Bonchev–Trinajstić information content (AvgIpc) is 3.10. The minimum absolute atomic E-state index is 0.0219. The maximum atomic E-state index is 10.7. The van der Waals surface area contributed by atoms with Gasteiger partial charge in [-0.1, -0.05) is 35.5 Å². The molecule has 0 amide bonds. The van der Waals surface area contributed by atoms with Crippen LogP contribution in [-0.4, -0.2) is 19.9 Å². The van der Waals surface area contributed by atoms with Gasteiger partial charge in [-0.15, -0.1) is 5.10 Å². The van der Waals surface area contributed by atoms with E-state index < -0.39 is 4.92 Å². The Morgan fingerprint density at radius 1 is 1.20 bits per heavy atom. The molecule has 2 aromatic carbocycles. The van der Waals surface area contributed by atoms with E-state index in [9.17, 15) is 15.4 Å². The molecule has 1 heterocycles. The lowest BCUT2D eigenvalue weighted by atomic mass is 10.1. The Bertz CT molecular complexity index is 953. The number of nitro groups is 1. The fourth-order valence-electron chi connectivity index (χ4n) is 2.30. The third-order valence-corrected chi connectivity index (χ3v) is 3.53. The molecule has 0 bridgehead atoms. The predicted molar refractivity (Wildman–Crippen MR) is 92.1 cm³/mol. The molecule has 0 N–H and O–H groups in total. The van der Waals surface area contributed by atoms with Gasteiger partial charge in [0.25, 0.3) is 5.69 Å². The normalized spacial score (nSPS) is 11.1. The van der Waals surface area contributed by atoms with Gasteiger partial charge in [-0.3, -0.25) is 10.1 Å². The quantitative estimate of drug-likeness (QED) is 0.405. The van der Waals surface area contributed by atoms with Gasteiger partial charge in [0.1, 0.15) is 5.69 Å². The van der Waals surface area contributed by atoms with Crippen LogP contribution in [0.15, 0.2) is 66.4 Å². The first-order valence-corrected chi connectivity index (χ1v) is 7.46. The van der Waals surface area contributed by atoms with Crippen molar-refractivity contribution in [3.63, 3.8) is 0 Å². The van der Waals surface area contributed by atoms with Gasteiger partial charge in [0.2, 0.25) is 0 Å². The Morgan fingerprint density at radius 3 is 2.56 bits per heavy atom. The Balaban J connectivity index is 1.78. The summed E-state index contributed by atoms with van der Waals surface area (Å²) in [6.45, 7) is 0.297. The number of hydrogen-bond donors (Lipinski definition) is 0. The first-order valence-electron chi connectivity index (χ1n) is 7.46. The smallest absolute Gasteiger partial charge is 0.258 e. The lowest BCUT2D eigenvalue weighted by Crippen LogP contribution is -2.00. The number of nitro benzene ring substituents is 1. The molecule has 122 valence electrons. The SMILES string of the molecule is N#C/C(=C\c1ccccc1)Cn1cc(-c2ccc([N+](=O)[O-])cc2)nn1. The summed E-state index contributed by atoms with van der Waals surface area (Å²) in [6, 6.07) is 17.8. The largest absolute Gasteiger partial charge is 0.269 e. The van der Waals surface area contributed by atoms with Crippen LogP contribution in [0.2, 0.25) is 0 Å². The summed E-state index contributed by atoms with van der Waals surface area (Å²) in [7, 11) is 0. The van der Waals surface area contributed by atoms with E-state index in [1.54, 1.807) is 29.1 Å². The summed E-state index contributed by atoms with van der Waals surface area (Å²) in [5.41, 5.74) is 2.82. The Kier molecular flexibility index (Phi) is 4.62. The van der Waals surface area contributed by atoms with Crippen LogP contribution < -0.4 is 0 Å². The minimum atomic E-state index is -0.450. The van der Waals surface area contributed by atoms with Crippen LogP contribution in [0, 0.1) is 21.4 Å². The fourth-order valence-corrected chi connectivity index (χ4v) is 2.30. The number of hydrogen-bond acceptors (Lipinski definition) is 5. The Labute approximate surface area is 143 Å². The number of nitriles is 1. The van der Waals surface area contributed by atoms with Crippen molar-refractivity contribution >= 4 is 11.8 Å². The standard InChI is InChI=1S/C18H13N5O2/c19-11-15(10-14-4-2-1-3-5-14)12-22-13-18(20-21-22)16-6-8-17(9-7-16)23(24)25/h1-10,13H,12H2/b15-10+. The summed E-state index contributed by atoms with van der Waals surface area (Å²) in [6.07, 6.45) is 3.50. The van der Waals surface area contributed by atoms with Crippen molar-refractivity contribution in [3.8, 4) is 17.3 Å². The zero-order chi connectivity index (χ0) is 17.6. The van der Waals surface area contributed by atoms with Crippen molar-refractivity contribution in [1.29, 1.82) is 5.26 Å². The lowest BCUT2D eigenvalue weighted by molar-refractivity contribution is -0.384. The van der Waals surface area contributed by atoms with Gasteiger partial charge < -0.3 is 0 Å². The van der Waals surface area contributed by atoms with E-state index in [4.69, 9.17) is 0 Å². The number of benzene rings is 2. The molecule has 0 radical (unpaired) electrons. The van der Waals surface area contributed by atoms with Gasteiger partial charge in [-0.05, 0) is 23.8 Å². The van der Waals surface area contributed by atoms with Crippen LogP contribution in [0.5, 0.6) is 0 Å². The number of rotatable bonds is 5. The first kappa shape index (κ1) is 16.1. The zero-order valence-corrected chi connectivity index (χ0v) is 13.1. The molecule has 3 aromatic rings. The fraction of sp³-hybridized carbons (Fsp3) is 0.0556. The van der Waals surface area contributed by atoms with Crippen LogP contribution in [0.3, 0.4) is 0 Å². The maximum absolute atomic E-state index is 10.7. The second kappa shape index (κ2) is 7.19. The molecule has 0 saturated carbocycles. The molecule has 0 atom stereocenters. The molecule has 7 heteroatoms. The third kappa shape index (κ3) is 3.95. The molecule has 0 saturated heterocycles. The zero-order valence-electron chi connectivity index (χ0n) is 13.1. The van der Waals surface area contributed by atoms with Crippen LogP contribution >= 0.6 is 0 Å². The molecule has 7 nitrogen and oxygen atoms in total. The van der Waals surface area contributed by atoms with E-state index in [2.05, 4.69) is 16.4 Å². The summed E-state index contributed by atoms with van der Waals surface area (Å²) in [5, 5.41) is 28.1. The highest BCUT2D eigenvalue weighted by atomic mass is 16.6. The Hall–Kier alpha value is -3.79. The highest BCUT2D eigenvalue weighted by Gasteiger charge is 2.09. The Morgan fingerprint density at radius 2 is 1.92 bits per heavy atom. The van der Waals surface area contributed by atoms with E-state index in [0.29, 0.717) is 17.8 Å². The van der Waals surface area contributed by atoms with Crippen molar-refractivity contribution in [2.45, 2.75) is 6.54 Å². The highest BCUT2D eigenvalue weighted by molar-refractivity contribution is 5.60. The number of allylic oxidation sites excluding steroid dienone is 1. The minimum Gasteiger partial charge on any atom is -0.258 e. The van der Waals surface area contributed by atoms with Gasteiger partial charge in [0.05, 0.1) is 29.3 Å². The molecule has 0 unspecified atom stereocenters. The van der Waals surface area contributed by atoms with Crippen LogP contribution in [-0.2, 0) is 6.54 Å². The van der Waals surface area contributed by atoms with Crippen LogP contribution in [0.4, 0.5) is 5.69 Å². The number of aromatic nitrogens is 3. The summed E-state index contributed by atoms with van der Waals surface area (Å²) in [4.78, 5) is 10.2. The molecular formula is C18H13N5O2. The average molecular weight is 331 g/mol.